The maximum absolute atomic E-state index is 11.6. The normalized spacial score (nSPS) is 22.2. The molecule has 0 radical (unpaired) electrons. The SMILES string of the molecule is CCSC1CCCC1Nc1ccnc(C(=O)NC)c1. The smallest absolute Gasteiger partial charge is 0.269 e. The highest BCUT2D eigenvalue weighted by atomic mass is 32.2. The molecular weight excluding hydrogens is 258 g/mol. The number of hydrogen-bond donors (Lipinski definition) is 2. The van der Waals surface area contributed by atoms with E-state index >= 15 is 0 Å². The molecule has 1 aliphatic rings. The monoisotopic (exact) mass is 279 g/mol. The molecule has 0 spiro atoms. The zero-order valence-corrected chi connectivity index (χ0v) is 12.3. The van der Waals surface area contributed by atoms with Gasteiger partial charge in [-0.2, -0.15) is 11.8 Å². The fraction of sp³-hybridized carbons (Fsp3) is 0.571. The summed E-state index contributed by atoms with van der Waals surface area (Å²) >= 11 is 2.02. The van der Waals surface area contributed by atoms with E-state index in [1.807, 2.05) is 23.9 Å². The van der Waals surface area contributed by atoms with Crippen molar-refractivity contribution in [1.29, 1.82) is 0 Å². The van der Waals surface area contributed by atoms with Crippen LogP contribution in [0.25, 0.3) is 0 Å². The molecule has 2 unspecified atom stereocenters. The van der Waals surface area contributed by atoms with Crippen LogP contribution in [0.4, 0.5) is 5.69 Å². The number of thioether (sulfide) groups is 1. The van der Waals surface area contributed by atoms with Gasteiger partial charge in [-0.1, -0.05) is 13.3 Å². The van der Waals surface area contributed by atoms with E-state index in [-0.39, 0.29) is 5.91 Å². The van der Waals surface area contributed by atoms with E-state index in [0.717, 1.165) is 11.4 Å². The Kier molecular flexibility index (Phi) is 5.07. The van der Waals surface area contributed by atoms with Gasteiger partial charge in [0.05, 0.1) is 0 Å². The molecule has 1 heterocycles. The van der Waals surface area contributed by atoms with Crippen LogP contribution < -0.4 is 10.6 Å². The maximum atomic E-state index is 11.6. The summed E-state index contributed by atoms with van der Waals surface area (Å²) in [5, 5.41) is 6.83. The third kappa shape index (κ3) is 3.62. The average Bonchev–Trinajstić information content (AvgIpc) is 2.86. The molecule has 5 heteroatoms. The Bertz CT molecular complexity index is 438. The van der Waals surface area contributed by atoms with Crippen molar-refractivity contribution >= 4 is 23.4 Å². The molecule has 104 valence electrons. The molecule has 1 aromatic rings. The number of hydrogen-bond acceptors (Lipinski definition) is 4. The summed E-state index contributed by atoms with van der Waals surface area (Å²) in [6, 6.07) is 4.26. The summed E-state index contributed by atoms with van der Waals surface area (Å²) < 4.78 is 0. The Balaban J connectivity index is 2.04. The predicted molar refractivity (Wildman–Crippen MR) is 80.8 cm³/mol. The van der Waals surface area contributed by atoms with Crippen LogP contribution in [0, 0.1) is 0 Å². The molecule has 2 rings (SSSR count). The molecular formula is C14H21N3OS. The van der Waals surface area contributed by atoms with Gasteiger partial charge in [-0.3, -0.25) is 9.78 Å². The van der Waals surface area contributed by atoms with Gasteiger partial charge < -0.3 is 10.6 Å². The average molecular weight is 279 g/mol. The van der Waals surface area contributed by atoms with Crippen molar-refractivity contribution in [3.05, 3.63) is 24.0 Å². The molecule has 0 saturated heterocycles. The first-order valence-electron chi connectivity index (χ1n) is 6.81. The van der Waals surface area contributed by atoms with Crippen LogP contribution in [0.1, 0.15) is 36.7 Å². The highest BCUT2D eigenvalue weighted by molar-refractivity contribution is 7.99. The van der Waals surface area contributed by atoms with E-state index in [0.29, 0.717) is 17.0 Å². The molecule has 0 aromatic carbocycles. The summed E-state index contributed by atoms with van der Waals surface area (Å²) in [4.78, 5) is 15.6. The van der Waals surface area contributed by atoms with Crippen LogP contribution >= 0.6 is 11.8 Å². The molecule has 1 amide bonds. The number of pyridine rings is 1. The molecule has 1 fully saturated rings. The van der Waals surface area contributed by atoms with Crippen molar-refractivity contribution < 1.29 is 4.79 Å². The maximum Gasteiger partial charge on any atom is 0.269 e. The highest BCUT2D eigenvalue weighted by Gasteiger charge is 2.27. The molecule has 1 saturated carbocycles. The van der Waals surface area contributed by atoms with E-state index in [1.165, 1.54) is 19.3 Å². The Morgan fingerprint density at radius 1 is 1.53 bits per heavy atom. The molecule has 0 aliphatic heterocycles. The first-order valence-corrected chi connectivity index (χ1v) is 7.85. The van der Waals surface area contributed by atoms with Gasteiger partial charge in [0, 0.05) is 30.2 Å². The third-order valence-corrected chi connectivity index (χ3v) is 4.73. The second kappa shape index (κ2) is 6.80. The van der Waals surface area contributed by atoms with E-state index < -0.39 is 0 Å². The first-order chi connectivity index (χ1) is 9.24. The second-order valence-corrected chi connectivity index (χ2v) is 6.20. The lowest BCUT2D eigenvalue weighted by Crippen LogP contribution is -2.26. The Morgan fingerprint density at radius 3 is 3.11 bits per heavy atom. The zero-order chi connectivity index (χ0) is 13.7. The lowest BCUT2D eigenvalue weighted by molar-refractivity contribution is 0.0958. The van der Waals surface area contributed by atoms with Gasteiger partial charge in [0.1, 0.15) is 5.69 Å². The van der Waals surface area contributed by atoms with Crippen molar-refractivity contribution in [1.82, 2.24) is 10.3 Å². The first kappa shape index (κ1) is 14.2. The Hall–Kier alpha value is -1.23. The number of nitrogens with one attached hydrogen (secondary N) is 2. The lowest BCUT2D eigenvalue weighted by Gasteiger charge is -2.21. The van der Waals surface area contributed by atoms with Crippen LogP contribution in [-0.2, 0) is 0 Å². The van der Waals surface area contributed by atoms with Crippen molar-refractivity contribution in [3.63, 3.8) is 0 Å². The number of amides is 1. The molecule has 2 atom stereocenters. The quantitative estimate of drug-likeness (QED) is 0.869. The molecule has 2 N–H and O–H groups in total. The minimum Gasteiger partial charge on any atom is -0.381 e. The van der Waals surface area contributed by atoms with E-state index in [2.05, 4.69) is 22.5 Å². The van der Waals surface area contributed by atoms with Gasteiger partial charge >= 0.3 is 0 Å². The minimum absolute atomic E-state index is 0.144. The fourth-order valence-corrected chi connectivity index (χ4v) is 3.69. The fourth-order valence-electron chi connectivity index (χ4n) is 2.49. The topological polar surface area (TPSA) is 54.0 Å². The predicted octanol–water partition coefficient (Wildman–Crippen LogP) is 2.53. The summed E-state index contributed by atoms with van der Waals surface area (Å²) in [5.41, 5.74) is 1.45. The number of carbonyl (C=O) groups is 1. The van der Waals surface area contributed by atoms with Gasteiger partial charge in [0.2, 0.25) is 0 Å². The van der Waals surface area contributed by atoms with Gasteiger partial charge in [0.15, 0.2) is 0 Å². The molecule has 19 heavy (non-hydrogen) atoms. The second-order valence-electron chi connectivity index (χ2n) is 4.68. The van der Waals surface area contributed by atoms with Gasteiger partial charge in [-0.25, -0.2) is 0 Å². The Morgan fingerprint density at radius 2 is 2.37 bits per heavy atom. The standard InChI is InChI=1S/C14H21N3OS/c1-3-19-13-6-4-5-11(13)17-10-7-8-16-12(9-10)14(18)15-2/h7-9,11,13H,3-6H2,1-2H3,(H,15,18)(H,16,17). The van der Waals surface area contributed by atoms with Gasteiger partial charge in [-0.15, -0.1) is 0 Å². The lowest BCUT2D eigenvalue weighted by atomic mass is 10.2. The minimum atomic E-state index is -0.144. The summed E-state index contributed by atoms with van der Waals surface area (Å²) in [6.45, 7) is 2.20. The summed E-state index contributed by atoms with van der Waals surface area (Å²) in [5.74, 6) is 1.01. The third-order valence-electron chi connectivity index (χ3n) is 3.40. The summed E-state index contributed by atoms with van der Waals surface area (Å²) in [7, 11) is 1.62. The van der Waals surface area contributed by atoms with Crippen molar-refractivity contribution in [3.8, 4) is 0 Å². The molecule has 4 nitrogen and oxygen atoms in total. The molecule has 0 bridgehead atoms. The van der Waals surface area contributed by atoms with Crippen LogP contribution in [0.3, 0.4) is 0 Å². The van der Waals surface area contributed by atoms with Crippen LogP contribution in [-0.4, -0.2) is 35.0 Å². The largest absolute Gasteiger partial charge is 0.381 e. The van der Waals surface area contributed by atoms with Gasteiger partial charge in [-0.05, 0) is 30.7 Å². The van der Waals surface area contributed by atoms with E-state index in [9.17, 15) is 4.79 Å². The molecule has 1 aromatic heterocycles. The van der Waals surface area contributed by atoms with Gasteiger partial charge in [0.25, 0.3) is 5.91 Å². The highest BCUT2D eigenvalue weighted by Crippen LogP contribution is 2.32. The van der Waals surface area contributed by atoms with E-state index in [4.69, 9.17) is 0 Å². The van der Waals surface area contributed by atoms with Crippen LogP contribution in [0.15, 0.2) is 18.3 Å². The number of nitrogens with zero attached hydrogens (tertiary/aromatic N) is 1. The van der Waals surface area contributed by atoms with Crippen molar-refractivity contribution in [2.24, 2.45) is 0 Å². The number of rotatable bonds is 5. The zero-order valence-electron chi connectivity index (χ0n) is 11.5. The van der Waals surface area contributed by atoms with Crippen molar-refractivity contribution in [2.45, 2.75) is 37.5 Å². The van der Waals surface area contributed by atoms with Crippen LogP contribution in [0.5, 0.6) is 0 Å². The van der Waals surface area contributed by atoms with E-state index in [1.54, 1.807) is 13.2 Å². The number of carbonyl (C=O) groups excluding carboxylic acids is 1. The number of anilines is 1. The Labute approximate surface area is 118 Å². The number of aromatic nitrogens is 1. The van der Waals surface area contributed by atoms with Crippen molar-refractivity contribution in [2.75, 3.05) is 18.1 Å². The summed E-state index contributed by atoms with van der Waals surface area (Å²) in [6.07, 6.45) is 5.45. The van der Waals surface area contributed by atoms with Crippen LogP contribution in [0.2, 0.25) is 0 Å². The molecule has 1 aliphatic carbocycles.